The highest BCUT2D eigenvalue weighted by molar-refractivity contribution is 7.10. The molecule has 0 aromatic carbocycles. The Labute approximate surface area is 134 Å². The Balaban J connectivity index is 1.39. The average Bonchev–Trinajstić information content (AvgIpc) is 3.17. The Morgan fingerprint density at radius 2 is 2.45 bits per heavy atom. The Morgan fingerprint density at radius 1 is 1.55 bits per heavy atom. The van der Waals surface area contributed by atoms with Crippen LogP contribution in [0.1, 0.15) is 23.8 Å². The SMILES string of the molecule is C[C@@H](Cn1cccn1)NCCC(=O)N1CCc2sccc2C1. The van der Waals surface area contributed by atoms with E-state index in [2.05, 4.69) is 28.8 Å². The molecule has 0 aliphatic carbocycles. The third-order valence-corrected chi connectivity index (χ3v) is 5.04. The zero-order valence-electron chi connectivity index (χ0n) is 12.9. The number of amides is 1. The molecule has 0 spiro atoms. The van der Waals surface area contributed by atoms with Gasteiger partial charge in [-0.3, -0.25) is 9.48 Å². The number of thiophene rings is 1. The van der Waals surface area contributed by atoms with Gasteiger partial charge in [0.15, 0.2) is 0 Å². The minimum Gasteiger partial charge on any atom is -0.338 e. The lowest BCUT2D eigenvalue weighted by Gasteiger charge is -2.27. The first-order valence-electron chi connectivity index (χ1n) is 7.76. The molecule has 3 rings (SSSR count). The van der Waals surface area contributed by atoms with Crippen molar-refractivity contribution in [2.75, 3.05) is 13.1 Å². The van der Waals surface area contributed by atoms with E-state index in [0.717, 1.165) is 26.1 Å². The van der Waals surface area contributed by atoms with Gasteiger partial charge in [0.05, 0.1) is 6.54 Å². The first-order chi connectivity index (χ1) is 10.7. The lowest BCUT2D eigenvalue weighted by Crippen LogP contribution is -2.38. The molecule has 22 heavy (non-hydrogen) atoms. The summed E-state index contributed by atoms with van der Waals surface area (Å²) in [7, 11) is 0. The Bertz CT molecular complexity index is 607. The number of aromatic nitrogens is 2. The summed E-state index contributed by atoms with van der Waals surface area (Å²) in [6.45, 7) is 5.29. The smallest absolute Gasteiger partial charge is 0.224 e. The number of hydrogen-bond acceptors (Lipinski definition) is 4. The van der Waals surface area contributed by atoms with Crippen LogP contribution in [0.15, 0.2) is 29.9 Å². The first kappa shape index (κ1) is 15.2. The summed E-state index contributed by atoms with van der Waals surface area (Å²) in [5.41, 5.74) is 1.32. The third-order valence-electron chi connectivity index (χ3n) is 4.01. The lowest BCUT2D eigenvalue weighted by molar-refractivity contribution is -0.132. The summed E-state index contributed by atoms with van der Waals surface area (Å²) in [6, 6.07) is 4.37. The second-order valence-electron chi connectivity index (χ2n) is 5.77. The van der Waals surface area contributed by atoms with E-state index >= 15 is 0 Å². The second kappa shape index (κ2) is 7.07. The summed E-state index contributed by atoms with van der Waals surface area (Å²) in [5.74, 6) is 0.246. The van der Waals surface area contributed by atoms with E-state index in [-0.39, 0.29) is 5.91 Å². The third kappa shape index (κ3) is 3.75. The van der Waals surface area contributed by atoms with E-state index < -0.39 is 0 Å². The molecule has 1 amide bonds. The molecule has 3 heterocycles. The molecular weight excluding hydrogens is 296 g/mol. The van der Waals surface area contributed by atoms with Crippen LogP contribution < -0.4 is 5.32 Å². The fraction of sp³-hybridized carbons (Fsp3) is 0.500. The fourth-order valence-electron chi connectivity index (χ4n) is 2.80. The van der Waals surface area contributed by atoms with E-state index in [1.54, 1.807) is 17.5 Å². The van der Waals surface area contributed by atoms with Gasteiger partial charge in [-0.15, -0.1) is 11.3 Å². The van der Waals surface area contributed by atoms with Crippen LogP contribution in [0.5, 0.6) is 0 Å². The van der Waals surface area contributed by atoms with Crippen LogP contribution in [-0.4, -0.2) is 39.7 Å². The molecule has 5 nitrogen and oxygen atoms in total. The molecule has 1 aliphatic rings. The zero-order valence-corrected chi connectivity index (χ0v) is 13.7. The maximum absolute atomic E-state index is 12.3. The van der Waals surface area contributed by atoms with Crippen molar-refractivity contribution in [1.29, 1.82) is 0 Å². The lowest BCUT2D eigenvalue weighted by atomic mass is 10.1. The highest BCUT2D eigenvalue weighted by Crippen LogP contribution is 2.24. The van der Waals surface area contributed by atoms with Gasteiger partial charge in [0.25, 0.3) is 0 Å². The molecule has 0 bridgehead atoms. The maximum atomic E-state index is 12.3. The summed E-state index contributed by atoms with van der Waals surface area (Å²) in [4.78, 5) is 15.7. The molecule has 0 unspecified atom stereocenters. The zero-order chi connectivity index (χ0) is 15.4. The Kier molecular flexibility index (Phi) is 4.90. The first-order valence-corrected chi connectivity index (χ1v) is 8.64. The number of nitrogens with one attached hydrogen (secondary N) is 1. The van der Waals surface area contributed by atoms with Gasteiger partial charge in [-0.05, 0) is 36.4 Å². The van der Waals surface area contributed by atoms with E-state index in [1.807, 2.05) is 21.8 Å². The standard InChI is InChI=1S/C16H22N4OS/c1-13(11-20-8-2-6-18-20)17-7-3-16(21)19-9-4-15-14(12-19)5-10-22-15/h2,5-6,8,10,13,17H,3-4,7,9,11-12H2,1H3/t13-/m0/s1. The van der Waals surface area contributed by atoms with Crippen molar-refractivity contribution in [1.82, 2.24) is 20.0 Å². The molecule has 1 N–H and O–H groups in total. The normalized spacial score (nSPS) is 15.6. The minimum atomic E-state index is 0.246. The van der Waals surface area contributed by atoms with Crippen molar-refractivity contribution in [2.45, 2.75) is 38.9 Å². The number of carbonyl (C=O) groups excluding carboxylic acids is 1. The molecule has 0 fully saturated rings. The van der Waals surface area contributed by atoms with Gasteiger partial charge in [-0.25, -0.2) is 0 Å². The van der Waals surface area contributed by atoms with E-state index in [1.165, 1.54) is 10.4 Å². The van der Waals surface area contributed by atoms with E-state index in [4.69, 9.17) is 0 Å². The second-order valence-corrected chi connectivity index (χ2v) is 6.77. The molecule has 2 aromatic rings. The fourth-order valence-corrected chi connectivity index (χ4v) is 3.69. The Morgan fingerprint density at radius 3 is 3.27 bits per heavy atom. The molecule has 6 heteroatoms. The van der Waals surface area contributed by atoms with Gasteiger partial charge < -0.3 is 10.2 Å². The van der Waals surface area contributed by atoms with Crippen molar-refractivity contribution >= 4 is 17.2 Å². The number of hydrogen-bond donors (Lipinski definition) is 1. The molecule has 0 saturated heterocycles. The van der Waals surface area contributed by atoms with Crippen LogP contribution in [0.25, 0.3) is 0 Å². The van der Waals surface area contributed by atoms with Crippen LogP contribution in [0, 0.1) is 0 Å². The number of carbonyl (C=O) groups is 1. The quantitative estimate of drug-likeness (QED) is 0.885. The number of nitrogens with zero attached hydrogens (tertiary/aromatic N) is 3. The van der Waals surface area contributed by atoms with Gasteiger partial charge in [-0.1, -0.05) is 0 Å². The van der Waals surface area contributed by atoms with Gasteiger partial charge in [0.1, 0.15) is 0 Å². The number of rotatable bonds is 6. The predicted octanol–water partition coefficient (Wildman–Crippen LogP) is 1.90. The largest absolute Gasteiger partial charge is 0.338 e. The number of fused-ring (bicyclic) bond motifs is 1. The van der Waals surface area contributed by atoms with E-state index in [9.17, 15) is 4.79 Å². The average molecular weight is 318 g/mol. The van der Waals surface area contributed by atoms with Crippen molar-refractivity contribution in [3.05, 3.63) is 40.3 Å². The predicted molar refractivity (Wildman–Crippen MR) is 87.7 cm³/mol. The summed E-state index contributed by atoms with van der Waals surface area (Å²) in [5, 5.41) is 9.71. The Hall–Kier alpha value is -1.66. The summed E-state index contributed by atoms with van der Waals surface area (Å²) >= 11 is 1.80. The summed E-state index contributed by atoms with van der Waals surface area (Å²) < 4.78 is 1.90. The highest BCUT2D eigenvalue weighted by atomic mass is 32.1. The van der Waals surface area contributed by atoms with Crippen LogP contribution in [-0.2, 0) is 24.3 Å². The van der Waals surface area contributed by atoms with E-state index in [0.29, 0.717) is 19.0 Å². The minimum absolute atomic E-state index is 0.246. The highest BCUT2D eigenvalue weighted by Gasteiger charge is 2.21. The topological polar surface area (TPSA) is 50.2 Å². The molecule has 2 aromatic heterocycles. The molecule has 118 valence electrons. The van der Waals surface area contributed by atoms with Crippen molar-refractivity contribution in [3.63, 3.8) is 0 Å². The van der Waals surface area contributed by atoms with Crippen molar-refractivity contribution < 1.29 is 4.79 Å². The van der Waals surface area contributed by atoms with Gasteiger partial charge in [0.2, 0.25) is 5.91 Å². The summed E-state index contributed by atoms with van der Waals surface area (Å²) in [6.07, 6.45) is 5.30. The van der Waals surface area contributed by atoms with Crippen LogP contribution in [0.4, 0.5) is 0 Å². The molecule has 0 saturated carbocycles. The molecule has 0 radical (unpaired) electrons. The van der Waals surface area contributed by atoms with Gasteiger partial charge >= 0.3 is 0 Å². The van der Waals surface area contributed by atoms with Gasteiger partial charge in [-0.2, -0.15) is 5.10 Å². The molecule has 1 atom stereocenters. The van der Waals surface area contributed by atoms with Crippen LogP contribution in [0.3, 0.4) is 0 Å². The van der Waals surface area contributed by atoms with Crippen LogP contribution >= 0.6 is 11.3 Å². The van der Waals surface area contributed by atoms with Gasteiger partial charge in [0, 0.05) is 49.4 Å². The molecule has 1 aliphatic heterocycles. The van der Waals surface area contributed by atoms with Crippen LogP contribution in [0.2, 0.25) is 0 Å². The molecular formula is C16H22N4OS. The van der Waals surface area contributed by atoms with Crippen molar-refractivity contribution in [2.24, 2.45) is 0 Å². The van der Waals surface area contributed by atoms with Crippen molar-refractivity contribution in [3.8, 4) is 0 Å². The monoisotopic (exact) mass is 318 g/mol. The maximum Gasteiger partial charge on any atom is 0.224 e.